The molecule has 0 atom stereocenters. The monoisotopic (exact) mass is 252 g/mol. The fourth-order valence-electron chi connectivity index (χ4n) is 2.02. The third kappa shape index (κ3) is 1.46. The van der Waals surface area contributed by atoms with E-state index in [1.54, 1.807) is 0 Å². The van der Waals surface area contributed by atoms with Crippen LogP contribution >= 0.6 is 15.9 Å². The van der Waals surface area contributed by atoms with Crippen LogP contribution in [0.4, 0.5) is 0 Å². The van der Waals surface area contributed by atoms with E-state index in [-0.39, 0.29) is 0 Å². The van der Waals surface area contributed by atoms with Crippen molar-refractivity contribution in [3.05, 3.63) is 27.7 Å². The number of hydrogen-bond acceptors (Lipinski definition) is 1. The first kappa shape index (κ1) is 8.78. The molecule has 2 fully saturated rings. The number of benzene rings is 1. The van der Waals surface area contributed by atoms with E-state index in [9.17, 15) is 5.11 Å². The smallest absolute Gasteiger partial charge is 0.119 e. The Hall–Kier alpha value is -0.500. The molecule has 2 saturated carbocycles. The summed E-state index contributed by atoms with van der Waals surface area (Å²) in [4.78, 5) is 0. The second-order valence-electron chi connectivity index (χ2n) is 4.48. The first-order chi connectivity index (χ1) is 6.75. The minimum atomic E-state index is 0.512. The molecule has 0 amide bonds. The highest BCUT2D eigenvalue weighted by molar-refractivity contribution is 9.10. The second kappa shape index (κ2) is 2.99. The van der Waals surface area contributed by atoms with Crippen LogP contribution in [0.1, 0.15) is 48.6 Å². The van der Waals surface area contributed by atoms with E-state index < -0.39 is 0 Å². The van der Waals surface area contributed by atoms with Crippen LogP contribution < -0.4 is 0 Å². The van der Waals surface area contributed by atoms with E-state index in [2.05, 4.69) is 22.0 Å². The lowest BCUT2D eigenvalue weighted by molar-refractivity contribution is 0.467. The van der Waals surface area contributed by atoms with Crippen LogP contribution in [0.5, 0.6) is 5.75 Å². The Labute approximate surface area is 92.3 Å². The lowest BCUT2D eigenvalue weighted by atomic mass is 10.0. The van der Waals surface area contributed by atoms with Gasteiger partial charge in [-0.2, -0.15) is 0 Å². The Morgan fingerprint density at radius 3 is 2.14 bits per heavy atom. The summed E-state index contributed by atoms with van der Waals surface area (Å²) >= 11 is 3.61. The average molecular weight is 253 g/mol. The topological polar surface area (TPSA) is 20.2 Å². The molecule has 0 radical (unpaired) electrons. The van der Waals surface area contributed by atoms with Gasteiger partial charge >= 0.3 is 0 Å². The van der Waals surface area contributed by atoms with E-state index in [1.807, 2.05) is 6.07 Å². The molecule has 2 aliphatic carbocycles. The van der Waals surface area contributed by atoms with Crippen LogP contribution in [-0.4, -0.2) is 5.11 Å². The molecule has 1 aromatic carbocycles. The van der Waals surface area contributed by atoms with Crippen molar-refractivity contribution in [1.29, 1.82) is 0 Å². The van der Waals surface area contributed by atoms with Gasteiger partial charge in [-0.1, -0.05) is 15.9 Å². The summed E-state index contributed by atoms with van der Waals surface area (Å²) in [5.74, 6) is 1.83. The minimum absolute atomic E-state index is 0.512. The van der Waals surface area contributed by atoms with E-state index in [4.69, 9.17) is 0 Å². The lowest BCUT2D eigenvalue weighted by Gasteiger charge is -2.08. The Kier molecular flexibility index (Phi) is 1.88. The normalized spacial score (nSPS) is 21.2. The maximum Gasteiger partial charge on any atom is 0.119 e. The van der Waals surface area contributed by atoms with Crippen LogP contribution in [0.3, 0.4) is 0 Å². The number of aromatic hydroxyl groups is 1. The van der Waals surface area contributed by atoms with Crippen LogP contribution in [0, 0.1) is 0 Å². The van der Waals surface area contributed by atoms with Gasteiger partial charge in [-0.15, -0.1) is 0 Å². The Bertz CT molecular complexity index is 340. The molecular formula is C12H13BrO. The molecule has 2 heteroatoms. The van der Waals surface area contributed by atoms with E-state index in [0.29, 0.717) is 17.6 Å². The van der Waals surface area contributed by atoms with Gasteiger partial charge in [0.15, 0.2) is 0 Å². The molecule has 14 heavy (non-hydrogen) atoms. The van der Waals surface area contributed by atoms with Crippen molar-refractivity contribution < 1.29 is 5.11 Å². The number of phenols is 1. The Balaban J connectivity index is 2.03. The molecule has 0 spiro atoms. The van der Waals surface area contributed by atoms with Crippen LogP contribution in [0.2, 0.25) is 0 Å². The van der Waals surface area contributed by atoms with Crippen molar-refractivity contribution >= 4 is 15.9 Å². The molecule has 1 aromatic rings. The van der Waals surface area contributed by atoms with Crippen molar-refractivity contribution in [2.24, 2.45) is 0 Å². The standard InChI is InChI=1S/C12H13BrO/c13-11-5-10(8-3-4-8)12(14)6-9(11)7-1-2-7/h5-8,14H,1-4H2. The quantitative estimate of drug-likeness (QED) is 0.847. The van der Waals surface area contributed by atoms with Gasteiger partial charge in [0.2, 0.25) is 0 Å². The molecule has 0 saturated heterocycles. The zero-order valence-electron chi connectivity index (χ0n) is 7.96. The van der Waals surface area contributed by atoms with E-state index in [1.165, 1.54) is 35.7 Å². The molecular weight excluding hydrogens is 240 g/mol. The summed E-state index contributed by atoms with van der Waals surface area (Å²) in [6, 6.07) is 4.09. The zero-order chi connectivity index (χ0) is 9.71. The zero-order valence-corrected chi connectivity index (χ0v) is 9.55. The summed E-state index contributed by atoms with van der Waals surface area (Å²) in [5, 5.41) is 9.88. The van der Waals surface area contributed by atoms with Crippen molar-refractivity contribution in [2.75, 3.05) is 0 Å². The Morgan fingerprint density at radius 2 is 1.57 bits per heavy atom. The van der Waals surface area contributed by atoms with Gasteiger partial charge < -0.3 is 5.11 Å². The van der Waals surface area contributed by atoms with Crippen molar-refractivity contribution in [1.82, 2.24) is 0 Å². The van der Waals surface area contributed by atoms with Crippen LogP contribution in [-0.2, 0) is 0 Å². The van der Waals surface area contributed by atoms with Gasteiger partial charge in [0.25, 0.3) is 0 Å². The van der Waals surface area contributed by atoms with Crippen molar-refractivity contribution in [2.45, 2.75) is 37.5 Å². The fourth-order valence-corrected chi connectivity index (χ4v) is 2.71. The summed E-state index contributed by atoms with van der Waals surface area (Å²) in [6.45, 7) is 0. The predicted molar refractivity (Wildman–Crippen MR) is 59.8 cm³/mol. The third-order valence-corrected chi connectivity index (χ3v) is 3.87. The highest BCUT2D eigenvalue weighted by Crippen LogP contribution is 2.49. The average Bonchev–Trinajstić information content (AvgIpc) is 3.03. The molecule has 2 aliphatic rings. The molecule has 0 aliphatic heterocycles. The van der Waals surface area contributed by atoms with E-state index >= 15 is 0 Å². The highest BCUT2D eigenvalue weighted by atomic mass is 79.9. The second-order valence-corrected chi connectivity index (χ2v) is 5.34. The molecule has 0 bridgehead atoms. The summed E-state index contributed by atoms with van der Waals surface area (Å²) in [6.07, 6.45) is 5.03. The van der Waals surface area contributed by atoms with Gasteiger partial charge in [-0.25, -0.2) is 0 Å². The van der Waals surface area contributed by atoms with Crippen LogP contribution in [0.25, 0.3) is 0 Å². The highest BCUT2D eigenvalue weighted by Gasteiger charge is 2.30. The maximum atomic E-state index is 9.88. The van der Waals surface area contributed by atoms with Gasteiger partial charge in [-0.3, -0.25) is 0 Å². The summed E-state index contributed by atoms with van der Waals surface area (Å²) in [5.41, 5.74) is 2.44. The van der Waals surface area contributed by atoms with Gasteiger partial charge in [0, 0.05) is 4.47 Å². The van der Waals surface area contributed by atoms with Gasteiger partial charge in [0.1, 0.15) is 5.75 Å². The van der Waals surface area contributed by atoms with Gasteiger partial charge in [-0.05, 0) is 60.8 Å². The largest absolute Gasteiger partial charge is 0.508 e. The molecule has 1 nitrogen and oxygen atoms in total. The molecule has 1 N–H and O–H groups in total. The SMILES string of the molecule is Oc1cc(C2CC2)c(Br)cc1C1CC1. The fraction of sp³-hybridized carbons (Fsp3) is 0.500. The van der Waals surface area contributed by atoms with Crippen LogP contribution in [0.15, 0.2) is 16.6 Å². The summed E-state index contributed by atoms with van der Waals surface area (Å²) < 4.78 is 1.19. The number of hydrogen-bond donors (Lipinski definition) is 1. The van der Waals surface area contributed by atoms with Crippen molar-refractivity contribution in [3.63, 3.8) is 0 Å². The molecule has 0 heterocycles. The molecule has 0 unspecified atom stereocenters. The van der Waals surface area contributed by atoms with Gasteiger partial charge in [0.05, 0.1) is 0 Å². The minimum Gasteiger partial charge on any atom is -0.508 e. The molecule has 74 valence electrons. The first-order valence-electron chi connectivity index (χ1n) is 5.28. The summed E-state index contributed by atoms with van der Waals surface area (Å²) in [7, 11) is 0. The Morgan fingerprint density at radius 1 is 1.00 bits per heavy atom. The predicted octanol–water partition coefficient (Wildman–Crippen LogP) is 3.91. The third-order valence-electron chi connectivity index (χ3n) is 3.18. The maximum absolute atomic E-state index is 9.88. The van der Waals surface area contributed by atoms with E-state index in [0.717, 1.165) is 5.56 Å². The van der Waals surface area contributed by atoms with Crippen molar-refractivity contribution in [3.8, 4) is 5.75 Å². The number of rotatable bonds is 2. The lowest BCUT2D eigenvalue weighted by Crippen LogP contribution is -1.87. The molecule has 3 rings (SSSR count). The number of phenolic OH excluding ortho intramolecular Hbond substituents is 1. The number of halogens is 1. The first-order valence-corrected chi connectivity index (χ1v) is 6.07. The molecule has 0 aromatic heterocycles.